The van der Waals surface area contributed by atoms with Gasteiger partial charge in [-0.1, -0.05) is 25.3 Å². The highest BCUT2D eigenvalue weighted by Crippen LogP contribution is 2.29. The lowest BCUT2D eigenvalue weighted by molar-refractivity contribution is -0.383. The number of nitrogens with zero attached hydrogens (tertiary/aromatic N) is 2. The van der Waals surface area contributed by atoms with Crippen molar-refractivity contribution in [3.05, 3.63) is 39.7 Å². The van der Waals surface area contributed by atoms with E-state index in [4.69, 9.17) is 6.57 Å². The van der Waals surface area contributed by atoms with Crippen molar-refractivity contribution < 1.29 is 9.72 Å². The van der Waals surface area contributed by atoms with Gasteiger partial charge in [-0.15, -0.1) is 0 Å². The summed E-state index contributed by atoms with van der Waals surface area (Å²) >= 11 is 0. The van der Waals surface area contributed by atoms with Gasteiger partial charge in [-0.2, -0.15) is 0 Å². The molecule has 1 saturated carbocycles. The Morgan fingerprint density at radius 3 is 2.73 bits per heavy atom. The van der Waals surface area contributed by atoms with Crippen LogP contribution in [0.1, 0.15) is 32.1 Å². The molecule has 0 atom stereocenters. The Morgan fingerprint density at radius 1 is 1.36 bits per heavy atom. The number of nitrogens with one attached hydrogen (secondary N) is 2. The maximum atomic E-state index is 11.9. The van der Waals surface area contributed by atoms with E-state index in [2.05, 4.69) is 15.5 Å². The summed E-state index contributed by atoms with van der Waals surface area (Å²) in [6.07, 6.45) is 5.45. The van der Waals surface area contributed by atoms with Crippen LogP contribution in [0.4, 0.5) is 17.1 Å². The SMILES string of the molecule is [C-]#[N+]c1ccc(NCC(=O)NC2CCCCC2)c([N+](=O)[O-])c1. The van der Waals surface area contributed by atoms with Crippen LogP contribution in [0.3, 0.4) is 0 Å². The van der Waals surface area contributed by atoms with Gasteiger partial charge in [-0.25, -0.2) is 4.85 Å². The van der Waals surface area contributed by atoms with E-state index in [0.717, 1.165) is 25.7 Å². The molecule has 1 aliphatic rings. The second kappa shape index (κ2) is 7.41. The van der Waals surface area contributed by atoms with Crippen molar-refractivity contribution in [2.24, 2.45) is 0 Å². The highest BCUT2D eigenvalue weighted by Gasteiger charge is 2.18. The van der Waals surface area contributed by atoms with Crippen LogP contribution in [0.15, 0.2) is 18.2 Å². The molecule has 1 amide bonds. The average molecular weight is 302 g/mol. The molecule has 22 heavy (non-hydrogen) atoms. The molecule has 1 aromatic carbocycles. The predicted molar refractivity (Wildman–Crippen MR) is 82.9 cm³/mol. The zero-order valence-corrected chi connectivity index (χ0v) is 12.2. The van der Waals surface area contributed by atoms with Crippen molar-refractivity contribution in [2.45, 2.75) is 38.1 Å². The smallest absolute Gasteiger partial charge is 0.282 e. The number of nitro groups is 1. The first-order valence-corrected chi connectivity index (χ1v) is 7.29. The van der Waals surface area contributed by atoms with Crippen LogP contribution in [0, 0.1) is 16.7 Å². The largest absolute Gasteiger partial charge is 0.371 e. The molecule has 7 nitrogen and oxygen atoms in total. The summed E-state index contributed by atoms with van der Waals surface area (Å²) in [6, 6.07) is 4.36. The third kappa shape index (κ3) is 4.19. The third-order valence-corrected chi connectivity index (χ3v) is 3.72. The first-order chi connectivity index (χ1) is 10.6. The molecule has 0 heterocycles. The van der Waals surface area contributed by atoms with Crippen molar-refractivity contribution in [1.82, 2.24) is 5.32 Å². The summed E-state index contributed by atoms with van der Waals surface area (Å²) in [5, 5.41) is 16.7. The van der Waals surface area contributed by atoms with Gasteiger partial charge >= 0.3 is 0 Å². The Hall–Kier alpha value is -2.62. The van der Waals surface area contributed by atoms with Gasteiger partial charge in [-0.05, 0) is 18.9 Å². The maximum Gasteiger partial charge on any atom is 0.282 e. The molecule has 1 aliphatic carbocycles. The maximum absolute atomic E-state index is 11.9. The van der Waals surface area contributed by atoms with Crippen LogP contribution in [0.2, 0.25) is 0 Å². The summed E-state index contributed by atoms with van der Waals surface area (Å²) in [4.78, 5) is 25.5. The number of carbonyl (C=O) groups excluding carboxylic acids is 1. The van der Waals surface area contributed by atoms with Gasteiger partial charge in [-0.3, -0.25) is 14.9 Å². The molecule has 0 bridgehead atoms. The van der Waals surface area contributed by atoms with E-state index in [-0.39, 0.29) is 35.6 Å². The minimum absolute atomic E-state index is 0.0191. The van der Waals surface area contributed by atoms with Crippen LogP contribution in [0.5, 0.6) is 0 Å². The number of hydrogen-bond donors (Lipinski definition) is 2. The molecular formula is C15H18N4O3. The number of anilines is 1. The quantitative estimate of drug-likeness (QED) is 0.497. The number of carbonyl (C=O) groups is 1. The normalized spacial score (nSPS) is 14.9. The fourth-order valence-electron chi connectivity index (χ4n) is 2.59. The first kappa shape index (κ1) is 15.8. The zero-order chi connectivity index (χ0) is 15.9. The Labute approximate surface area is 128 Å². The molecule has 0 spiro atoms. The van der Waals surface area contributed by atoms with Crippen LogP contribution >= 0.6 is 0 Å². The lowest BCUT2D eigenvalue weighted by Gasteiger charge is -2.22. The Bertz CT molecular complexity index is 603. The van der Waals surface area contributed by atoms with Gasteiger partial charge in [0.05, 0.1) is 18.0 Å². The lowest BCUT2D eigenvalue weighted by Crippen LogP contribution is -2.39. The van der Waals surface area contributed by atoms with E-state index in [1.165, 1.54) is 24.6 Å². The standard InChI is InChI=1S/C15H18N4O3/c1-16-12-7-8-13(14(9-12)19(21)22)17-10-15(20)18-11-5-3-2-4-6-11/h7-9,11,17H,2-6,10H2,(H,18,20). The molecule has 116 valence electrons. The van der Waals surface area contributed by atoms with Gasteiger partial charge in [0.1, 0.15) is 5.69 Å². The number of amides is 1. The average Bonchev–Trinajstić information content (AvgIpc) is 2.53. The van der Waals surface area contributed by atoms with Gasteiger partial charge in [0.25, 0.3) is 5.69 Å². The Morgan fingerprint density at radius 2 is 2.09 bits per heavy atom. The molecule has 0 aromatic heterocycles. The fraction of sp³-hybridized carbons (Fsp3) is 0.467. The molecule has 0 unspecified atom stereocenters. The number of benzene rings is 1. The van der Waals surface area contributed by atoms with Gasteiger partial charge in [0, 0.05) is 12.1 Å². The van der Waals surface area contributed by atoms with Gasteiger partial charge < -0.3 is 10.6 Å². The van der Waals surface area contributed by atoms with E-state index in [9.17, 15) is 14.9 Å². The van der Waals surface area contributed by atoms with Crippen molar-refractivity contribution in [2.75, 3.05) is 11.9 Å². The summed E-state index contributed by atoms with van der Waals surface area (Å²) in [5.41, 5.74) is 0.249. The second-order valence-corrected chi connectivity index (χ2v) is 5.33. The lowest BCUT2D eigenvalue weighted by atomic mass is 9.95. The van der Waals surface area contributed by atoms with Crippen LogP contribution in [-0.4, -0.2) is 23.4 Å². The van der Waals surface area contributed by atoms with Crippen molar-refractivity contribution in [1.29, 1.82) is 0 Å². The number of nitro benzene ring substituents is 1. The summed E-state index contributed by atoms with van der Waals surface area (Å²) in [5.74, 6) is -0.171. The molecule has 0 radical (unpaired) electrons. The first-order valence-electron chi connectivity index (χ1n) is 7.29. The van der Waals surface area contributed by atoms with Crippen LogP contribution in [-0.2, 0) is 4.79 Å². The summed E-state index contributed by atoms with van der Waals surface area (Å²) in [6.45, 7) is 6.86. The molecule has 7 heteroatoms. The molecule has 2 N–H and O–H groups in total. The highest BCUT2D eigenvalue weighted by molar-refractivity contribution is 5.82. The predicted octanol–water partition coefficient (Wildman–Crippen LogP) is 3.01. The summed E-state index contributed by atoms with van der Waals surface area (Å²) in [7, 11) is 0. The summed E-state index contributed by atoms with van der Waals surface area (Å²) < 4.78 is 0. The van der Waals surface area contributed by atoms with E-state index in [1.807, 2.05) is 0 Å². The molecule has 1 fully saturated rings. The molecule has 2 rings (SSSR count). The molecule has 0 aliphatic heterocycles. The van der Waals surface area contributed by atoms with Crippen molar-refractivity contribution >= 4 is 23.0 Å². The highest BCUT2D eigenvalue weighted by atomic mass is 16.6. The molecular weight excluding hydrogens is 284 g/mol. The van der Waals surface area contributed by atoms with E-state index in [1.54, 1.807) is 0 Å². The molecule has 0 saturated heterocycles. The monoisotopic (exact) mass is 302 g/mol. The minimum Gasteiger partial charge on any atom is -0.371 e. The van der Waals surface area contributed by atoms with Crippen molar-refractivity contribution in [3.63, 3.8) is 0 Å². The van der Waals surface area contributed by atoms with Crippen molar-refractivity contribution in [3.8, 4) is 0 Å². The van der Waals surface area contributed by atoms with E-state index < -0.39 is 4.92 Å². The van der Waals surface area contributed by atoms with Gasteiger partial charge in [0.2, 0.25) is 5.91 Å². The van der Waals surface area contributed by atoms with Crippen LogP contribution < -0.4 is 10.6 Å². The topological polar surface area (TPSA) is 88.6 Å². The minimum atomic E-state index is -0.559. The third-order valence-electron chi connectivity index (χ3n) is 3.72. The molecule has 1 aromatic rings. The zero-order valence-electron chi connectivity index (χ0n) is 12.2. The Kier molecular flexibility index (Phi) is 5.31. The van der Waals surface area contributed by atoms with Crippen LogP contribution in [0.25, 0.3) is 4.85 Å². The number of hydrogen-bond acceptors (Lipinski definition) is 4. The van der Waals surface area contributed by atoms with Gasteiger partial charge in [0.15, 0.2) is 5.69 Å². The van der Waals surface area contributed by atoms with E-state index >= 15 is 0 Å². The fourth-order valence-corrected chi connectivity index (χ4v) is 2.59. The van der Waals surface area contributed by atoms with E-state index in [0.29, 0.717) is 0 Å². The second-order valence-electron chi connectivity index (χ2n) is 5.33. The number of rotatable bonds is 5. The Balaban J connectivity index is 1.94.